The summed E-state index contributed by atoms with van der Waals surface area (Å²) >= 11 is 0. The van der Waals surface area contributed by atoms with Gasteiger partial charge in [-0.15, -0.1) is 25.3 Å². The number of carbonyl (C=O) groups is 2. The Morgan fingerprint density at radius 1 is 0.731 bits per heavy atom. The van der Waals surface area contributed by atoms with Crippen LogP contribution in [-0.2, 0) is 42.5 Å². The molecule has 0 radical (unpaired) electrons. The van der Waals surface area contributed by atoms with Crippen molar-refractivity contribution in [1.29, 1.82) is 0 Å². The van der Waals surface area contributed by atoms with Gasteiger partial charge in [-0.25, -0.2) is 26.7 Å². The number of ether oxygens (including phenoxy) is 2. The molecule has 0 aromatic heterocycles. The lowest BCUT2D eigenvalue weighted by atomic mass is 10.0. The fourth-order valence-corrected chi connectivity index (χ4v) is 5.54. The number of carboxylic acids is 1. The number of terminal acetylenes is 2. The third kappa shape index (κ3) is 16.6. The minimum absolute atomic E-state index is 0. The number of rotatable bonds is 13. The molecule has 0 bridgehead atoms. The lowest BCUT2D eigenvalue weighted by molar-refractivity contribution is -0.141. The number of aliphatic carboxylic acids is 1. The Labute approximate surface area is 311 Å². The van der Waals surface area contributed by atoms with Crippen LogP contribution in [0.2, 0.25) is 0 Å². The van der Waals surface area contributed by atoms with Crippen LogP contribution in [0.1, 0.15) is 18.1 Å². The van der Waals surface area contributed by atoms with Crippen LogP contribution in [0.15, 0.2) is 119 Å². The Hall–Kier alpha value is -5.35. The minimum atomic E-state index is -3.93. The van der Waals surface area contributed by atoms with Gasteiger partial charge in [0, 0.05) is 0 Å². The van der Waals surface area contributed by atoms with Gasteiger partial charge in [-0.3, -0.25) is 9.59 Å². The molecule has 276 valence electrons. The van der Waals surface area contributed by atoms with Crippen molar-refractivity contribution in [3.05, 3.63) is 120 Å². The number of halogens is 1. The van der Waals surface area contributed by atoms with E-state index in [2.05, 4.69) is 11.8 Å². The SMILES string of the molecule is C#CCOc1ccc(C[C@H](C)C(=O)O)cc1.C#CCOc1ccc(C[C@H](N)C(=O)NS(=O)(=O)c2ccccc2)cc1.Cl.NS(=O)(=O)c1ccccc1. The van der Waals surface area contributed by atoms with Crippen molar-refractivity contribution in [2.24, 2.45) is 16.8 Å². The molecule has 0 aliphatic rings. The highest BCUT2D eigenvalue weighted by Crippen LogP contribution is 2.16. The van der Waals surface area contributed by atoms with Gasteiger partial charge in [0.1, 0.15) is 24.7 Å². The van der Waals surface area contributed by atoms with Crippen molar-refractivity contribution in [1.82, 2.24) is 4.72 Å². The van der Waals surface area contributed by atoms with Crippen LogP contribution >= 0.6 is 12.4 Å². The highest BCUT2D eigenvalue weighted by molar-refractivity contribution is 7.90. The average molecular weight is 770 g/mol. The summed E-state index contributed by atoms with van der Waals surface area (Å²) in [5, 5.41) is 13.6. The maximum atomic E-state index is 12.1. The lowest BCUT2D eigenvalue weighted by Gasteiger charge is -2.13. The molecule has 0 saturated carbocycles. The predicted octanol–water partition coefficient (Wildman–Crippen LogP) is 3.79. The molecule has 4 aromatic rings. The zero-order valence-corrected chi connectivity index (χ0v) is 30.6. The number of carbonyl (C=O) groups excluding carboxylic acids is 1. The van der Waals surface area contributed by atoms with E-state index >= 15 is 0 Å². The summed E-state index contributed by atoms with van der Waals surface area (Å²) in [6.07, 6.45) is 10.9. The molecule has 0 saturated heterocycles. The molecule has 52 heavy (non-hydrogen) atoms. The van der Waals surface area contributed by atoms with E-state index in [1.54, 1.807) is 79.7 Å². The van der Waals surface area contributed by atoms with Gasteiger partial charge in [0.25, 0.3) is 15.9 Å². The first-order chi connectivity index (χ1) is 24.2. The molecule has 0 aliphatic heterocycles. The largest absolute Gasteiger partial charge is 0.481 e. The van der Waals surface area contributed by atoms with Crippen molar-refractivity contribution >= 4 is 44.3 Å². The molecular formula is C37H40ClN3O9S2. The van der Waals surface area contributed by atoms with E-state index < -0.39 is 38.0 Å². The predicted molar refractivity (Wildman–Crippen MR) is 201 cm³/mol. The standard InChI is InChI=1S/C18H18N2O4S.C13H14O3.C6H7NO2S.ClH/c1-2-12-24-15-10-8-14(9-11-15)13-17(19)18(21)20-25(22,23)16-6-4-3-5-7-16;1-3-8-16-12-6-4-11(5-7-12)9-10(2)13(14)15;7-10(8,9)6-4-2-1-3-5-6;/h1,3-11,17H,12-13,19H2,(H,20,21);1,4-7,10H,8-9H2,2H3,(H,14,15);1-5H,(H2,7,8,9);1H/t17-;10-;;/m00../s1. The van der Waals surface area contributed by atoms with Gasteiger partial charge in [0.05, 0.1) is 21.8 Å². The Morgan fingerprint density at radius 2 is 1.13 bits per heavy atom. The molecule has 6 N–H and O–H groups in total. The normalized spacial score (nSPS) is 11.5. The molecule has 1 amide bonds. The zero-order valence-electron chi connectivity index (χ0n) is 28.1. The van der Waals surface area contributed by atoms with Crippen molar-refractivity contribution in [2.75, 3.05) is 13.2 Å². The van der Waals surface area contributed by atoms with E-state index in [0.717, 1.165) is 11.1 Å². The van der Waals surface area contributed by atoms with Crippen LogP contribution in [0, 0.1) is 30.6 Å². The van der Waals surface area contributed by atoms with Gasteiger partial charge >= 0.3 is 5.97 Å². The van der Waals surface area contributed by atoms with E-state index in [9.17, 15) is 26.4 Å². The molecule has 2 atom stereocenters. The van der Waals surface area contributed by atoms with Crippen molar-refractivity contribution in [3.8, 4) is 36.2 Å². The lowest BCUT2D eigenvalue weighted by Crippen LogP contribution is -2.44. The maximum absolute atomic E-state index is 12.1. The Bertz CT molecular complexity index is 2000. The number of nitrogens with one attached hydrogen (secondary N) is 1. The van der Waals surface area contributed by atoms with E-state index in [4.69, 9.17) is 38.3 Å². The second kappa shape index (κ2) is 22.5. The fraction of sp³-hybridized carbons (Fsp3) is 0.189. The second-order valence-electron chi connectivity index (χ2n) is 10.7. The van der Waals surface area contributed by atoms with Crippen LogP contribution < -0.4 is 25.1 Å². The van der Waals surface area contributed by atoms with Crippen LogP contribution in [0.5, 0.6) is 11.5 Å². The average Bonchev–Trinajstić information content (AvgIpc) is 3.11. The first kappa shape index (κ1) is 44.7. The molecule has 12 nitrogen and oxygen atoms in total. The summed E-state index contributed by atoms with van der Waals surface area (Å²) < 4.78 is 57.9. The van der Waals surface area contributed by atoms with Gasteiger partial charge in [-0.2, -0.15) is 0 Å². The minimum Gasteiger partial charge on any atom is -0.481 e. The maximum Gasteiger partial charge on any atom is 0.306 e. The highest BCUT2D eigenvalue weighted by Gasteiger charge is 2.22. The molecule has 0 spiro atoms. The number of amides is 1. The Morgan fingerprint density at radius 3 is 1.50 bits per heavy atom. The first-order valence-electron chi connectivity index (χ1n) is 15.1. The molecule has 0 unspecified atom stereocenters. The van der Waals surface area contributed by atoms with Crippen LogP contribution in [-0.4, -0.2) is 53.1 Å². The van der Waals surface area contributed by atoms with E-state index in [1.165, 1.54) is 24.3 Å². The van der Waals surface area contributed by atoms with Crippen LogP contribution in [0.4, 0.5) is 0 Å². The molecule has 0 fully saturated rings. The molecule has 4 aromatic carbocycles. The second-order valence-corrected chi connectivity index (χ2v) is 13.9. The number of primary sulfonamides is 1. The number of carboxylic acid groups (broad SMARTS) is 1. The third-order valence-electron chi connectivity index (χ3n) is 6.61. The van der Waals surface area contributed by atoms with Crippen molar-refractivity contribution in [3.63, 3.8) is 0 Å². The number of benzene rings is 4. The van der Waals surface area contributed by atoms with Crippen molar-refractivity contribution in [2.45, 2.75) is 35.6 Å². The molecular weight excluding hydrogens is 730 g/mol. The summed E-state index contributed by atoms with van der Waals surface area (Å²) in [5.74, 6) is 4.11. The number of hydrogen-bond donors (Lipinski definition) is 4. The molecule has 0 aliphatic carbocycles. The summed E-state index contributed by atoms with van der Waals surface area (Å²) in [4.78, 5) is 22.9. The number of sulfonamides is 2. The number of hydrogen-bond acceptors (Lipinski definition) is 9. The highest BCUT2D eigenvalue weighted by atomic mass is 35.5. The summed E-state index contributed by atoms with van der Waals surface area (Å²) in [6, 6.07) is 28.7. The third-order valence-corrected chi connectivity index (χ3v) is 8.90. The van der Waals surface area contributed by atoms with Gasteiger partial charge < -0.3 is 20.3 Å². The van der Waals surface area contributed by atoms with Gasteiger partial charge in [0.2, 0.25) is 10.0 Å². The van der Waals surface area contributed by atoms with E-state index in [1.807, 2.05) is 16.9 Å². The van der Waals surface area contributed by atoms with Gasteiger partial charge in [0.15, 0.2) is 0 Å². The molecule has 15 heteroatoms. The summed E-state index contributed by atoms with van der Waals surface area (Å²) in [7, 11) is -7.43. The van der Waals surface area contributed by atoms with Crippen LogP contribution in [0.25, 0.3) is 0 Å². The zero-order chi connectivity index (χ0) is 37.9. The fourth-order valence-electron chi connectivity index (χ4n) is 3.96. The first-order valence-corrected chi connectivity index (χ1v) is 18.2. The van der Waals surface area contributed by atoms with Gasteiger partial charge in [-0.05, 0) is 72.5 Å². The Kier molecular flexibility index (Phi) is 19.3. The molecule has 0 heterocycles. The Balaban J connectivity index is 0.000000428. The van der Waals surface area contributed by atoms with E-state index in [-0.39, 0.29) is 47.8 Å². The number of nitrogens with two attached hydrogens (primary N) is 2. The van der Waals surface area contributed by atoms with E-state index in [0.29, 0.717) is 17.9 Å². The van der Waals surface area contributed by atoms with Crippen LogP contribution in [0.3, 0.4) is 0 Å². The smallest absolute Gasteiger partial charge is 0.306 e. The van der Waals surface area contributed by atoms with Crippen molar-refractivity contribution < 1.29 is 41.0 Å². The summed E-state index contributed by atoms with van der Waals surface area (Å²) in [6.45, 7) is 2.09. The topological polar surface area (TPSA) is 205 Å². The quantitative estimate of drug-likeness (QED) is 0.145. The van der Waals surface area contributed by atoms with Gasteiger partial charge in [-0.1, -0.05) is 79.4 Å². The molecule has 4 rings (SSSR count). The monoisotopic (exact) mass is 769 g/mol. The summed E-state index contributed by atoms with van der Waals surface area (Å²) in [5.41, 5.74) is 7.56.